The van der Waals surface area contributed by atoms with Crippen LogP contribution >= 0.6 is 11.6 Å². The van der Waals surface area contributed by atoms with Crippen LogP contribution in [0.2, 0.25) is 5.02 Å². The number of halogens is 2. The zero-order valence-corrected chi connectivity index (χ0v) is 22.4. The summed E-state index contributed by atoms with van der Waals surface area (Å²) in [6, 6.07) is 4.51. The zero-order valence-electron chi connectivity index (χ0n) is 20.8. The normalized spacial score (nSPS) is 13.8. The number of hydrogen-bond donors (Lipinski definition) is 2. The molecule has 9 nitrogen and oxygen atoms in total. The number of anilines is 2. The minimum Gasteiger partial charge on any atom is -0.469 e. The van der Waals surface area contributed by atoms with Gasteiger partial charge in [0, 0.05) is 63.5 Å². The van der Waals surface area contributed by atoms with Crippen molar-refractivity contribution >= 4 is 44.8 Å². The molecule has 2 aromatic heterocycles. The van der Waals surface area contributed by atoms with Crippen molar-refractivity contribution in [3.8, 4) is 22.5 Å². The minimum absolute atomic E-state index is 0.00248. The summed E-state index contributed by atoms with van der Waals surface area (Å²) in [7, 11) is -1.39. The fourth-order valence-electron chi connectivity index (χ4n) is 3.41. The van der Waals surface area contributed by atoms with Crippen LogP contribution in [0, 0.1) is 11.7 Å². The van der Waals surface area contributed by atoms with Crippen LogP contribution < -0.4 is 10.0 Å². The van der Waals surface area contributed by atoms with E-state index in [9.17, 15) is 9.00 Å². The van der Waals surface area contributed by atoms with Gasteiger partial charge in [0.1, 0.15) is 5.69 Å². The highest BCUT2D eigenvalue weighted by Crippen LogP contribution is 2.37. The first-order valence-electron chi connectivity index (χ1n) is 11.2. The average molecular weight is 537 g/mol. The second-order valence-corrected chi connectivity index (χ2v) is 11.6. The summed E-state index contributed by atoms with van der Waals surface area (Å²) in [5, 5.41) is 7.98. The van der Waals surface area contributed by atoms with Gasteiger partial charge in [-0.15, -0.1) is 0 Å². The number of methoxy groups -OCH3 is 1. The van der Waals surface area contributed by atoms with Gasteiger partial charge in [0.05, 0.1) is 18.5 Å². The highest BCUT2D eigenvalue weighted by molar-refractivity contribution is 8.00. The Morgan fingerprint density at radius 3 is 2.67 bits per heavy atom. The van der Waals surface area contributed by atoms with Gasteiger partial charge in [0.15, 0.2) is 5.82 Å². The minimum atomic E-state index is -2.75. The molecule has 36 heavy (non-hydrogen) atoms. The number of aromatic nitrogens is 4. The Morgan fingerprint density at radius 2 is 2.03 bits per heavy atom. The largest absolute Gasteiger partial charge is 0.469 e. The predicted molar refractivity (Wildman–Crippen MR) is 143 cm³/mol. The van der Waals surface area contributed by atoms with Gasteiger partial charge in [0.25, 0.3) is 0 Å². The molecule has 12 heteroatoms. The van der Waals surface area contributed by atoms with Crippen molar-refractivity contribution in [2.45, 2.75) is 33.2 Å². The highest BCUT2D eigenvalue weighted by atomic mass is 35.5. The molecule has 2 atom stereocenters. The van der Waals surface area contributed by atoms with Crippen molar-refractivity contribution in [2.75, 3.05) is 29.9 Å². The number of carbonyl (C=O) groups is 1. The molecular formula is C24H30ClFN6O3S. The zero-order chi connectivity index (χ0) is 26.6. The summed E-state index contributed by atoms with van der Waals surface area (Å²) in [5.41, 5.74) is 1.50. The Hall–Kier alpha value is -3.18. The van der Waals surface area contributed by atoms with E-state index in [1.54, 1.807) is 23.1 Å². The Labute approximate surface area is 215 Å². The molecule has 0 aliphatic rings. The topological polar surface area (TPSA) is 111 Å². The van der Waals surface area contributed by atoms with E-state index >= 15 is 4.39 Å². The summed E-state index contributed by atoms with van der Waals surface area (Å²) in [6.07, 6.45) is 5.00. The molecule has 0 bridgehead atoms. The Morgan fingerprint density at radius 1 is 1.31 bits per heavy atom. The van der Waals surface area contributed by atoms with Crippen LogP contribution in [0.1, 0.15) is 33.2 Å². The lowest BCUT2D eigenvalue weighted by atomic mass is 10.0. The van der Waals surface area contributed by atoms with Gasteiger partial charge in [0.2, 0.25) is 5.95 Å². The lowest BCUT2D eigenvalue weighted by molar-refractivity contribution is -0.141. The molecule has 194 valence electrons. The number of nitrogens with one attached hydrogen (secondary N) is 2. The molecule has 3 rings (SSSR count). The van der Waals surface area contributed by atoms with E-state index in [-0.39, 0.29) is 40.6 Å². The Bertz CT molecular complexity index is 1360. The number of benzene rings is 1. The maximum Gasteiger partial charge on any atom is 0.305 e. The van der Waals surface area contributed by atoms with Gasteiger partial charge in [-0.1, -0.05) is 18.5 Å². The average Bonchev–Trinajstić information content (AvgIpc) is 3.25. The molecule has 0 amide bonds. The van der Waals surface area contributed by atoms with Crippen LogP contribution in [0.25, 0.3) is 22.5 Å². The molecule has 3 aromatic rings. The van der Waals surface area contributed by atoms with Crippen molar-refractivity contribution in [1.82, 2.24) is 19.7 Å². The van der Waals surface area contributed by atoms with E-state index < -0.39 is 15.5 Å². The molecule has 1 unspecified atom stereocenters. The summed E-state index contributed by atoms with van der Waals surface area (Å²) >= 11 is 6.29. The third-order valence-electron chi connectivity index (χ3n) is 5.16. The van der Waals surface area contributed by atoms with Crippen LogP contribution in [-0.4, -0.2) is 55.7 Å². The summed E-state index contributed by atoms with van der Waals surface area (Å²) < 4.78 is 36.8. The number of esters is 1. The van der Waals surface area contributed by atoms with Crippen LogP contribution in [0.3, 0.4) is 0 Å². The molecule has 2 heterocycles. The first-order chi connectivity index (χ1) is 16.9. The number of rotatable bonds is 10. The molecular weight excluding hydrogens is 507 g/mol. The highest BCUT2D eigenvalue weighted by Gasteiger charge is 2.22. The lowest BCUT2D eigenvalue weighted by Gasteiger charge is -2.13. The Balaban J connectivity index is 2.03. The number of carbonyl (C=O) groups excluding carboxylic acids is 1. The fraction of sp³-hybridized carbons (Fsp3) is 0.375. The van der Waals surface area contributed by atoms with Gasteiger partial charge in [-0.25, -0.2) is 18.6 Å². The van der Waals surface area contributed by atoms with Crippen LogP contribution in [0.4, 0.5) is 16.0 Å². The van der Waals surface area contributed by atoms with E-state index in [0.717, 1.165) is 0 Å². The molecule has 0 radical (unpaired) electrons. The van der Waals surface area contributed by atoms with Crippen molar-refractivity contribution in [2.24, 2.45) is 5.92 Å². The summed E-state index contributed by atoms with van der Waals surface area (Å²) in [5.74, 6) is 2.93. The lowest BCUT2D eigenvalue weighted by Crippen LogP contribution is -2.17. The number of nitrogens with zero attached hydrogens (tertiary/aromatic N) is 4. The quantitative estimate of drug-likeness (QED) is 0.286. The van der Waals surface area contributed by atoms with Gasteiger partial charge < -0.3 is 14.8 Å². The molecule has 1 aromatic carbocycles. The third kappa shape index (κ3) is 6.94. The summed E-state index contributed by atoms with van der Waals surface area (Å²) in [4.78, 5) is 20.3. The molecule has 0 saturated carbocycles. The van der Waals surface area contributed by atoms with E-state index in [4.69, 9.17) is 16.3 Å². The molecule has 2 N–H and O–H groups in total. The van der Waals surface area contributed by atoms with Crippen LogP contribution in [0.5, 0.6) is 0 Å². The standard InChI is InChI=1S/C24H30ClFN6O3S/c1-14(2)32-13-18(19-7-8-27-24(29-19)28-12-15(3)9-21(33)35-4)23(30-32)17-10-16(25)11-20(22(17)26)31-36(5,6)34/h7-8,10-11,13-15H,5,9,12H2,1-4,6H3,(H,31,34)(H,27,28,29)/t15-,36?/m1/s1. The smallest absolute Gasteiger partial charge is 0.305 e. The predicted octanol–water partition coefficient (Wildman–Crippen LogP) is 4.66. The number of hydrogen-bond acceptors (Lipinski definition) is 7. The van der Waals surface area contributed by atoms with Crippen molar-refractivity contribution in [1.29, 1.82) is 0 Å². The monoisotopic (exact) mass is 536 g/mol. The summed E-state index contributed by atoms with van der Waals surface area (Å²) in [6.45, 7) is 6.27. The second kappa shape index (κ2) is 11.3. The third-order valence-corrected chi connectivity index (χ3v) is 6.03. The molecule has 0 fully saturated rings. The number of ether oxygens (including phenoxy) is 1. The van der Waals surface area contributed by atoms with E-state index in [2.05, 4.69) is 31.0 Å². The SMILES string of the molecule is C=S(C)(=O)Nc1cc(Cl)cc(-c2nn(C(C)C)cc2-c2ccnc(NC[C@H](C)CC(=O)OC)n2)c1F. The first kappa shape index (κ1) is 27.4. The van der Waals surface area contributed by atoms with Gasteiger partial charge in [-0.05, 0) is 43.8 Å². The Kier molecular flexibility index (Phi) is 8.57. The van der Waals surface area contributed by atoms with Crippen molar-refractivity contribution < 1.29 is 18.1 Å². The van der Waals surface area contributed by atoms with E-state index in [0.29, 0.717) is 29.4 Å². The van der Waals surface area contributed by atoms with Crippen LogP contribution in [-0.2, 0) is 19.2 Å². The van der Waals surface area contributed by atoms with Crippen LogP contribution in [0.15, 0.2) is 30.6 Å². The molecule has 0 aliphatic carbocycles. The fourth-order valence-corrected chi connectivity index (χ4v) is 4.24. The molecule has 0 aliphatic heterocycles. The van der Waals surface area contributed by atoms with E-state index in [1.807, 2.05) is 20.8 Å². The maximum atomic E-state index is 15.6. The molecule has 0 saturated heterocycles. The van der Waals surface area contributed by atoms with Crippen molar-refractivity contribution in [3.63, 3.8) is 0 Å². The van der Waals surface area contributed by atoms with E-state index in [1.165, 1.54) is 25.5 Å². The van der Waals surface area contributed by atoms with Gasteiger partial charge in [-0.2, -0.15) is 5.10 Å². The molecule has 0 spiro atoms. The maximum absolute atomic E-state index is 15.6. The van der Waals surface area contributed by atoms with Crippen molar-refractivity contribution in [3.05, 3.63) is 41.4 Å². The first-order valence-corrected chi connectivity index (χ1v) is 13.7. The second-order valence-electron chi connectivity index (χ2n) is 8.92. The van der Waals surface area contributed by atoms with Gasteiger partial charge in [-0.3, -0.25) is 9.48 Å². The van der Waals surface area contributed by atoms with Gasteiger partial charge >= 0.3 is 5.97 Å².